The molecule has 1 atom stereocenters. The normalized spacial score (nSPS) is 16.0. The number of nitrogens with zero attached hydrogens (tertiary/aromatic N) is 4. The van der Waals surface area contributed by atoms with Gasteiger partial charge in [-0.15, -0.1) is 0 Å². The maximum Gasteiger partial charge on any atom is 0.274 e. The molecule has 1 amide bonds. The molecule has 3 N–H and O–H groups in total. The van der Waals surface area contributed by atoms with E-state index in [1.165, 1.54) is 6.20 Å². The average molecular weight is 482 g/mol. The number of amides is 1. The lowest BCUT2D eigenvalue weighted by molar-refractivity contribution is 0.102. The molecule has 4 heterocycles. The zero-order valence-electron chi connectivity index (χ0n) is 18.7. The Balaban J connectivity index is 1.55. The highest BCUT2D eigenvalue weighted by atomic mass is 19.1. The van der Waals surface area contributed by atoms with Crippen LogP contribution in [0.15, 0.2) is 41.1 Å². The number of hydrogen-bond acceptors (Lipinski definition) is 7. The third-order valence-corrected chi connectivity index (χ3v) is 5.95. The number of halogens is 3. The zero-order chi connectivity index (χ0) is 24.7. The van der Waals surface area contributed by atoms with Crippen LogP contribution in [0.3, 0.4) is 0 Å². The predicted molar refractivity (Wildman–Crippen MR) is 123 cm³/mol. The Morgan fingerprint density at radius 2 is 1.94 bits per heavy atom. The Labute approximate surface area is 197 Å². The van der Waals surface area contributed by atoms with Crippen LogP contribution < -0.4 is 16.0 Å². The van der Waals surface area contributed by atoms with E-state index in [9.17, 15) is 18.0 Å². The third kappa shape index (κ3) is 4.18. The highest BCUT2D eigenvalue weighted by Crippen LogP contribution is 2.37. The van der Waals surface area contributed by atoms with Crippen LogP contribution in [0.25, 0.3) is 22.4 Å². The minimum absolute atomic E-state index is 0.0485. The van der Waals surface area contributed by atoms with Crippen molar-refractivity contribution in [3.8, 4) is 11.3 Å². The molecule has 1 aliphatic heterocycles. The van der Waals surface area contributed by atoms with E-state index < -0.39 is 34.6 Å². The van der Waals surface area contributed by atoms with Gasteiger partial charge in [-0.3, -0.25) is 4.79 Å². The maximum absolute atomic E-state index is 14.5. The molecule has 3 aromatic heterocycles. The van der Waals surface area contributed by atoms with E-state index in [2.05, 4.69) is 20.4 Å². The van der Waals surface area contributed by atoms with E-state index in [4.69, 9.17) is 10.3 Å². The Kier molecular flexibility index (Phi) is 5.85. The Bertz CT molecular complexity index is 1420. The summed E-state index contributed by atoms with van der Waals surface area (Å²) in [6.07, 6.45) is 3.17. The number of piperidine rings is 1. The first-order chi connectivity index (χ1) is 16.8. The predicted octanol–water partition coefficient (Wildman–Crippen LogP) is 4.19. The van der Waals surface area contributed by atoms with Crippen LogP contribution in [0.1, 0.15) is 29.0 Å². The fraction of sp³-hybridized carbons (Fsp3) is 0.250. The van der Waals surface area contributed by atoms with Gasteiger partial charge < -0.3 is 20.5 Å². The second-order valence-electron chi connectivity index (χ2n) is 8.39. The molecule has 35 heavy (non-hydrogen) atoms. The second-order valence-corrected chi connectivity index (χ2v) is 8.39. The van der Waals surface area contributed by atoms with E-state index in [-0.39, 0.29) is 11.7 Å². The maximum atomic E-state index is 14.5. The van der Waals surface area contributed by atoms with Gasteiger partial charge in [-0.05, 0) is 44.0 Å². The molecule has 8 nitrogen and oxygen atoms in total. The van der Waals surface area contributed by atoms with Crippen LogP contribution in [-0.4, -0.2) is 40.2 Å². The van der Waals surface area contributed by atoms with Crippen molar-refractivity contribution in [2.24, 2.45) is 5.73 Å². The minimum atomic E-state index is -0.990. The summed E-state index contributed by atoms with van der Waals surface area (Å²) >= 11 is 0. The van der Waals surface area contributed by atoms with Crippen molar-refractivity contribution in [3.05, 3.63) is 65.4 Å². The van der Waals surface area contributed by atoms with Gasteiger partial charge in [0.2, 0.25) is 0 Å². The minimum Gasteiger partial charge on any atom is -0.368 e. The number of rotatable bonds is 4. The monoisotopic (exact) mass is 482 g/mol. The lowest BCUT2D eigenvalue weighted by atomic mass is 10.0. The molecule has 1 aromatic carbocycles. The molecular weight excluding hydrogens is 461 g/mol. The number of hydrogen-bond donors (Lipinski definition) is 2. The van der Waals surface area contributed by atoms with Crippen LogP contribution in [0.2, 0.25) is 0 Å². The van der Waals surface area contributed by atoms with Gasteiger partial charge in [0.25, 0.3) is 11.6 Å². The topological polar surface area (TPSA) is 110 Å². The first-order valence-corrected chi connectivity index (χ1v) is 11.0. The highest BCUT2D eigenvalue weighted by Gasteiger charge is 2.26. The van der Waals surface area contributed by atoms with Gasteiger partial charge in [0.05, 0.1) is 34.2 Å². The summed E-state index contributed by atoms with van der Waals surface area (Å²) in [6, 6.07) is 5.17. The molecule has 0 spiro atoms. The van der Waals surface area contributed by atoms with Crippen molar-refractivity contribution < 1.29 is 22.5 Å². The van der Waals surface area contributed by atoms with Crippen molar-refractivity contribution in [1.29, 1.82) is 0 Å². The number of carbonyl (C=O) groups is 1. The van der Waals surface area contributed by atoms with Crippen LogP contribution in [0.4, 0.5) is 24.5 Å². The van der Waals surface area contributed by atoms with E-state index in [1.54, 1.807) is 6.92 Å². The van der Waals surface area contributed by atoms with Crippen molar-refractivity contribution >= 4 is 28.4 Å². The largest absolute Gasteiger partial charge is 0.368 e. The zero-order valence-corrected chi connectivity index (χ0v) is 18.7. The number of aryl methyl sites for hydroxylation is 1. The molecule has 1 fully saturated rings. The van der Waals surface area contributed by atoms with Gasteiger partial charge >= 0.3 is 0 Å². The van der Waals surface area contributed by atoms with Crippen molar-refractivity contribution in [1.82, 2.24) is 15.1 Å². The van der Waals surface area contributed by atoms with Gasteiger partial charge in [-0.2, -0.15) is 0 Å². The van der Waals surface area contributed by atoms with Crippen molar-refractivity contribution in [2.75, 3.05) is 23.3 Å². The molecule has 0 radical (unpaired) electrons. The number of benzene rings is 1. The molecule has 11 heteroatoms. The van der Waals surface area contributed by atoms with Crippen molar-refractivity contribution in [2.45, 2.75) is 25.8 Å². The van der Waals surface area contributed by atoms with Gasteiger partial charge in [-0.25, -0.2) is 23.1 Å². The molecule has 5 rings (SSSR count). The summed E-state index contributed by atoms with van der Waals surface area (Å²) in [7, 11) is 0. The van der Waals surface area contributed by atoms with Crippen LogP contribution in [0, 0.1) is 24.4 Å². The van der Waals surface area contributed by atoms with E-state index in [0.717, 1.165) is 43.2 Å². The molecular formula is C24H21F3N6O2. The lowest BCUT2D eigenvalue weighted by Crippen LogP contribution is -2.43. The van der Waals surface area contributed by atoms with Crippen LogP contribution in [-0.2, 0) is 0 Å². The molecule has 0 bridgehead atoms. The van der Waals surface area contributed by atoms with Gasteiger partial charge in [0.15, 0.2) is 0 Å². The summed E-state index contributed by atoms with van der Waals surface area (Å²) in [4.78, 5) is 23.4. The number of anilines is 2. The number of nitrogens with two attached hydrogens (primary N) is 1. The Hall–Kier alpha value is -3.99. The number of nitrogens with one attached hydrogen (secondary N) is 1. The fourth-order valence-electron chi connectivity index (χ4n) is 4.32. The highest BCUT2D eigenvalue weighted by molar-refractivity contribution is 6.08. The first kappa shape index (κ1) is 22.8. The number of carbonyl (C=O) groups excluding carboxylic acids is 1. The lowest BCUT2D eigenvalue weighted by Gasteiger charge is -2.34. The molecule has 1 unspecified atom stereocenters. The average Bonchev–Trinajstić information content (AvgIpc) is 3.20. The molecule has 4 aromatic rings. The fourth-order valence-corrected chi connectivity index (χ4v) is 4.32. The van der Waals surface area contributed by atoms with E-state index in [0.29, 0.717) is 41.3 Å². The quantitative estimate of drug-likeness (QED) is 0.449. The van der Waals surface area contributed by atoms with E-state index >= 15 is 0 Å². The third-order valence-electron chi connectivity index (χ3n) is 5.95. The SMILES string of the molecule is Cc1noc2ncc(NC(=O)c3ccc(F)c(-c4c(F)cccc4F)n3)c(N3CCCC(N)C3)c12. The molecule has 0 saturated carbocycles. The standard InChI is InChI=1S/C24H21F3N6O2/c1-12-19-22(33-9-3-4-13(28)11-33)18(10-29-24(19)35-32-12)31-23(34)17-8-7-16(27)21(30-17)20-14(25)5-2-6-15(20)26/h2,5-8,10,13H,3-4,9,11,28H2,1H3,(H,31,34). The summed E-state index contributed by atoms with van der Waals surface area (Å²) in [5.74, 6) is -3.65. The van der Waals surface area contributed by atoms with Gasteiger partial charge in [0.1, 0.15) is 28.8 Å². The Morgan fingerprint density at radius 1 is 1.17 bits per heavy atom. The summed E-state index contributed by atoms with van der Waals surface area (Å²) in [5.41, 5.74) is 6.62. The second kappa shape index (κ2) is 8.99. The van der Waals surface area contributed by atoms with E-state index in [1.807, 2.05) is 4.90 Å². The summed E-state index contributed by atoms with van der Waals surface area (Å²) in [5, 5.41) is 7.37. The summed E-state index contributed by atoms with van der Waals surface area (Å²) in [6.45, 7) is 3.02. The molecule has 0 aliphatic carbocycles. The summed E-state index contributed by atoms with van der Waals surface area (Å²) < 4.78 is 48.3. The smallest absolute Gasteiger partial charge is 0.274 e. The van der Waals surface area contributed by atoms with Gasteiger partial charge in [-0.1, -0.05) is 11.2 Å². The number of aromatic nitrogens is 3. The van der Waals surface area contributed by atoms with Crippen molar-refractivity contribution in [3.63, 3.8) is 0 Å². The molecule has 1 saturated heterocycles. The molecule has 180 valence electrons. The number of pyridine rings is 2. The van der Waals surface area contributed by atoms with Crippen LogP contribution >= 0.6 is 0 Å². The first-order valence-electron chi connectivity index (χ1n) is 11.0. The van der Waals surface area contributed by atoms with Gasteiger partial charge in [0, 0.05) is 19.1 Å². The Morgan fingerprint density at radius 3 is 2.69 bits per heavy atom. The van der Waals surface area contributed by atoms with Crippen LogP contribution in [0.5, 0.6) is 0 Å². The molecule has 1 aliphatic rings. The number of fused-ring (bicyclic) bond motifs is 1.